The zero-order valence-corrected chi connectivity index (χ0v) is 11.7. The van der Waals surface area contributed by atoms with Gasteiger partial charge in [-0.25, -0.2) is 4.98 Å². The first kappa shape index (κ1) is 14.7. The van der Waals surface area contributed by atoms with E-state index in [-0.39, 0.29) is 28.5 Å². The number of anilines is 1. The molecule has 0 aliphatic carbocycles. The molecule has 2 aromatic rings. The highest BCUT2D eigenvalue weighted by atomic mass is 35.5. The Morgan fingerprint density at radius 2 is 2.29 bits per heavy atom. The van der Waals surface area contributed by atoms with Crippen LogP contribution in [0.3, 0.4) is 0 Å². The Balaban J connectivity index is 2.20. The first-order valence-electron chi connectivity index (χ1n) is 5.74. The number of non-ortho nitro benzene ring substituents is 1. The predicted octanol–water partition coefficient (Wildman–Crippen LogP) is 0.889. The van der Waals surface area contributed by atoms with Gasteiger partial charge in [-0.3, -0.25) is 19.6 Å². The second-order valence-corrected chi connectivity index (χ2v) is 4.57. The summed E-state index contributed by atoms with van der Waals surface area (Å²) in [5.41, 5.74) is 5.28. The Kier molecular flexibility index (Phi) is 4.03. The molecular weight excluding hydrogens is 300 g/mol. The van der Waals surface area contributed by atoms with Gasteiger partial charge in [-0.15, -0.1) is 0 Å². The number of aryl methyl sites for hydroxylation is 1. The number of rotatable bonds is 4. The third-order valence-corrected chi connectivity index (χ3v) is 2.94. The van der Waals surface area contributed by atoms with Gasteiger partial charge >= 0.3 is 0 Å². The van der Waals surface area contributed by atoms with Crippen molar-refractivity contribution in [1.82, 2.24) is 20.1 Å². The molecule has 0 atom stereocenters. The first-order chi connectivity index (χ1) is 9.88. The van der Waals surface area contributed by atoms with Crippen molar-refractivity contribution in [3.63, 3.8) is 0 Å². The number of hydrogen-bond acceptors (Lipinski definition) is 6. The Morgan fingerprint density at radius 3 is 2.86 bits per heavy atom. The molecule has 0 saturated carbocycles. The average molecular weight is 311 g/mol. The SMILES string of the molecule is Cn1cnc(CNC(=O)c2cc([N+](=O)[O-])cc(Cl)c2N)n1. The van der Waals surface area contributed by atoms with Gasteiger partial charge in [0, 0.05) is 19.2 Å². The number of nitrogen functional groups attached to an aromatic ring is 1. The average Bonchev–Trinajstić information content (AvgIpc) is 2.84. The van der Waals surface area contributed by atoms with Crippen molar-refractivity contribution in [2.75, 3.05) is 5.73 Å². The van der Waals surface area contributed by atoms with Crippen molar-refractivity contribution >= 4 is 28.9 Å². The van der Waals surface area contributed by atoms with Crippen LogP contribution in [0, 0.1) is 10.1 Å². The van der Waals surface area contributed by atoms with E-state index in [0.29, 0.717) is 5.82 Å². The molecule has 0 saturated heterocycles. The topological polar surface area (TPSA) is 129 Å². The predicted molar refractivity (Wildman–Crippen MR) is 74.7 cm³/mol. The summed E-state index contributed by atoms with van der Waals surface area (Å²) in [5, 5.41) is 17.2. The summed E-state index contributed by atoms with van der Waals surface area (Å²) in [6.45, 7) is 0.0689. The van der Waals surface area contributed by atoms with Crippen molar-refractivity contribution in [3.05, 3.63) is 45.0 Å². The van der Waals surface area contributed by atoms with Crippen LogP contribution in [0.5, 0.6) is 0 Å². The van der Waals surface area contributed by atoms with Crippen LogP contribution in [-0.2, 0) is 13.6 Å². The number of nitro groups is 1. The van der Waals surface area contributed by atoms with Gasteiger partial charge in [0.05, 0.1) is 27.7 Å². The molecule has 0 bridgehead atoms. The van der Waals surface area contributed by atoms with Crippen molar-refractivity contribution in [3.8, 4) is 0 Å². The Bertz CT molecular complexity index is 714. The molecule has 0 fully saturated rings. The third-order valence-electron chi connectivity index (χ3n) is 2.62. The van der Waals surface area contributed by atoms with Gasteiger partial charge in [0.25, 0.3) is 11.6 Å². The number of carbonyl (C=O) groups excluding carboxylic acids is 1. The number of hydrogen-bond donors (Lipinski definition) is 2. The van der Waals surface area contributed by atoms with Crippen LogP contribution in [0.1, 0.15) is 16.2 Å². The lowest BCUT2D eigenvalue weighted by atomic mass is 10.1. The number of aromatic nitrogens is 3. The maximum absolute atomic E-state index is 12.0. The summed E-state index contributed by atoms with van der Waals surface area (Å²) in [5.74, 6) is -0.188. The molecule has 0 radical (unpaired) electrons. The van der Waals surface area contributed by atoms with E-state index in [1.54, 1.807) is 7.05 Å². The summed E-state index contributed by atoms with van der Waals surface area (Å²) in [6.07, 6.45) is 1.49. The van der Waals surface area contributed by atoms with Crippen molar-refractivity contribution < 1.29 is 9.72 Å². The monoisotopic (exact) mass is 310 g/mol. The van der Waals surface area contributed by atoms with E-state index in [2.05, 4.69) is 15.4 Å². The molecule has 0 spiro atoms. The molecule has 2 rings (SSSR count). The van der Waals surface area contributed by atoms with E-state index < -0.39 is 10.8 Å². The van der Waals surface area contributed by atoms with Gasteiger partial charge in [0.1, 0.15) is 6.33 Å². The highest BCUT2D eigenvalue weighted by molar-refractivity contribution is 6.34. The van der Waals surface area contributed by atoms with E-state index in [1.807, 2.05) is 0 Å². The molecule has 3 N–H and O–H groups in total. The number of nitro benzene ring substituents is 1. The second-order valence-electron chi connectivity index (χ2n) is 4.16. The first-order valence-corrected chi connectivity index (χ1v) is 6.12. The normalized spacial score (nSPS) is 10.4. The Morgan fingerprint density at radius 1 is 1.57 bits per heavy atom. The van der Waals surface area contributed by atoms with Crippen molar-refractivity contribution in [2.24, 2.45) is 7.05 Å². The van der Waals surface area contributed by atoms with E-state index in [1.165, 1.54) is 11.0 Å². The number of carbonyl (C=O) groups is 1. The fourth-order valence-corrected chi connectivity index (χ4v) is 1.83. The molecule has 1 aromatic carbocycles. The van der Waals surface area contributed by atoms with Crippen LogP contribution in [0.4, 0.5) is 11.4 Å². The zero-order valence-electron chi connectivity index (χ0n) is 10.9. The lowest BCUT2D eigenvalue weighted by Gasteiger charge is -2.07. The summed E-state index contributed by atoms with van der Waals surface area (Å²) in [4.78, 5) is 26.1. The fraction of sp³-hybridized carbons (Fsp3) is 0.182. The van der Waals surface area contributed by atoms with Crippen LogP contribution >= 0.6 is 11.6 Å². The molecule has 0 aliphatic rings. The van der Waals surface area contributed by atoms with Crippen LogP contribution in [0.25, 0.3) is 0 Å². The minimum Gasteiger partial charge on any atom is -0.397 e. The molecule has 21 heavy (non-hydrogen) atoms. The molecule has 110 valence electrons. The zero-order chi connectivity index (χ0) is 15.6. The van der Waals surface area contributed by atoms with Gasteiger partial charge in [0.2, 0.25) is 0 Å². The van der Waals surface area contributed by atoms with E-state index in [0.717, 1.165) is 12.1 Å². The molecule has 9 nitrogen and oxygen atoms in total. The molecule has 1 heterocycles. The largest absolute Gasteiger partial charge is 0.397 e. The number of nitrogens with one attached hydrogen (secondary N) is 1. The van der Waals surface area contributed by atoms with E-state index in [4.69, 9.17) is 17.3 Å². The Hall–Kier alpha value is -2.68. The summed E-state index contributed by atoms with van der Waals surface area (Å²) >= 11 is 5.79. The maximum atomic E-state index is 12.0. The number of halogens is 1. The smallest absolute Gasteiger partial charge is 0.271 e. The molecule has 1 amide bonds. The highest BCUT2D eigenvalue weighted by Gasteiger charge is 2.19. The van der Waals surface area contributed by atoms with Crippen LogP contribution in [0.15, 0.2) is 18.5 Å². The molecule has 0 aliphatic heterocycles. The third kappa shape index (κ3) is 3.26. The molecular formula is C11H11ClN6O3. The summed E-state index contributed by atoms with van der Waals surface area (Å²) in [7, 11) is 1.69. The van der Waals surface area contributed by atoms with Gasteiger partial charge in [-0.05, 0) is 0 Å². The number of nitrogens with zero attached hydrogens (tertiary/aromatic N) is 4. The fourth-order valence-electron chi connectivity index (χ4n) is 1.62. The summed E-state index contributed by atoms with van der Waals surface area (Å²) < 4.78 is 1.49. The van der Waals surface area contributed by atoms with Gasteiger partial charge in [-0.2, -0.15) is 5.10 Å². The lowest BCUT2D eigenvalue weighted by molar-refractivity contribution is -0.384. The number of nitrogens with two attached hydrogens (primary N) is 1. The van der Waals surface area contributed by atoms with Crippen molar-refractivity contribution in [2.45, 2.75) is 6.54 Å². The molecule has 10 heteroatoms. The van der Waals surface area contributed by atoms with Crippen LogP contribution in [-0.4, -0.2) is 25.6 Å². The van der Waals surface area contributed by atoms with E-state index >= 15 is 0 Å². The quantitative estimate of drug-likeness (QED) is 0.490. The van der Waals surface area contributed by atoms with Crippen LogP contribution in [0.2, 0.25) is 5.02 Å². The minimum atomic E-state index is -0.650. The van der Waals surface area contributed by atoms with Gasteiger partial charge in [0.15, 0.2) is 5.82 Å². The Labute approximate surface area is 123 Å². The highest BCUT2D eigenvalue weighted by Crippen LogP contribution is 2.28. The van der Waals surface area contributed by atoms with E-state index in [9.17, 15) is 14.9 Å². The number of benzene rings is 1. The van der Waals surface area contributed by atoms with Gasteiger partial charge in [-0.1, -0.05) is 11.6 Å². The minimum absolute atomic E-state index is 0.0197. The maximum Gasteiger partial charge on any atom is 0.271 e. The van der Waals surface area contributed by atoms with Crippen molar-refractivity contribution in [1.29, 1.82) is 0 Å². The van der Waals surface area contributed by atoms with Gasteiger partial charge < -0.3 is 11.1 Å². The second kappa shape index (κ2) is 5.75. The standard InChI is InChI=1S/C11H11ClN6O3/c1-17-5-15-9(16-17)4-14-11(19)7-2-6(18(20)21)3-8(12)10(7)13/h2-3,5H,4,13H2,1H3,(H,14,19). The molecule has 1 aromatic heterocycles. The number of amides is 1. The lowest BCUT2D eigenvalue weighted by Crippen LogP contribution is -2.24. The van der Waals surface area contributed by atoms with Crippen LogP contribution < -0.4 is 11.1 Å². The molecule has 0 unspecified atom stereocenters. The summed E-state index contributed by atoms with van der Waals surface area (Å²) in [6, 6.07) is 2.16.